The fourth-order valence-electron chi connectivity index (χ4n) is 1.31. The molecular formula is C9H12N2O2. The summed E-state index contributed by atoms with van der Waals surface area (Å²) >= 11 is 0. The van der Waals surface area contributed by atoms with E-state index in [0.717, 1.165) is 5.69 Å². The second-order valence-corrected chi connectivity index (χ2v) is 3.45. The van der Waals surface area contributed by atoms with Gasteiger partial charge in [0.2, 0.25) is 0 Å². The Morgan fingerprint density at radius 3 is 3.08 bits per heavy atom. The standard InChI is InChI=1S/C9H12N2O2/c12-9(13)3-4-11-5-8(10-6-11)7-1-2-7/h5-7H,1-4H2,(H,12,13). The number of aryl methyl sites for hydroxylation is 1. The molecule has 1 aromatic heterocycles. The molecule has 0 atom stereocenters. The fraction of sp³-hybridized carbons (Fsp3) is 0.556. The van der Waals surface area contributed by atoms with E-state index >= 15 is 0 Å². The molecule has 1 aliphatic rings. The Kier molecular flexibility index (Phi) is 2.04. The van der Waals surface area contributed by atoms with Gasteiger partial charge in [0.25, 0.3) is 0 Å². The largest absolute Gasteiger partial charge is 0.481 e. The molecule has 0 aromatic carbocycles. The van der Waals surface area contributed by atoms with Crippen LogP contribution in [0.3, 0.4) is 0 Å². The van der Waals surface area contributed by atoms with E-state index in [1.54, 1.807) is 6.33 Å². The van der Waals surface area contributed by atoms with Crippen LogP contribution in [-0.2, 0) is 11.3 Å². The van der Waals surface area contributed by atoms with Crippen molar-refractivity contribution in [1.29, 1.82) is 0 Å². The Balaban J connectivity index is 1.92. The molecule has 0 saturated heterocycles. The SMILES string of the molecule is O=C(O)CCn1cnc(C2CC2)c1. The molecule has 1 saturated carbocycles. The molecular weight excluding hydrogens is 168 g/mol. The number of aliphatic carboxylic acids is 1. The van der Waals surface area contributed by atoms with E-state index in [4.69, 9.17) is 5.11 Å². The Hall–Kier alpha value is -1.32. The van der Waals surface area contributed by atoms with Crippen molar-refractivity contribution >= 4 is 5.97 Å². The molecule has 1 aromatic rings. The molecule has 0 spiro atoms. The van der Waals surface area contributed by atoms with Crippen molar-refractivity contribution in [2.75, 3.05) is 0 Å². The fourth-order valence-corrected chi connectivity index (χ4v) is 1.31. The van der Waals surface area contributed by atoms with Crippen LogP contribution in [0.2, 0.25) is 0 Å². The van der Waals surface area contributed by atoms with E-state index in [0.29, 0.717) is 12.5 Å². The molecule has 1 aliphatic carbocycles. The van der Waals surface area contributed by atoms with Gasteiger partial charge in [-0.25, -0.2) is 4.98 Å². The monoisotopic (exact) mass is 180 g/mol. The van der Waals surface area contributed by atoms with Gasteiger partial charge in [0.05, 0.1) is 18.4 Å². The Labute approximate surface area is 76.2 Å². The number of rotatable bonds is 4. The summed E-state index contributed by atoms with van der Waals surface area (Å²) in [6, 6.07) is 0. The van der Waals surface area contributed by atoms with Gasteiger partial charge < -0.3 is 9.67 Å². The number of carboxylic acids is 1. The molecule has 1 fully saturated rings. The lowest BCUT2D eigenvalue weighted by molar-refractivity contribution is -0.137. The summed E-state index contributed by atoms with van der Waals surface area (Å²) in [4.78, 5) is 14.5. The molecule has 1 N–H and O–H groups in total. The van der Waals surface area contributed by atoms with Gasteiger partial charge in [-0.05, 0) is 12.8 Å². The van der Waals surface area contributed by atoms with Gasteiger partial charge in [0, 0.05) is 18.7 Å². The Bertz CT molecular complexity index is 315. The highest BCUT2D eigenvalue weighted by molar-refractivity contribution is 5.66. The van der Waals surface area contributed by atoms with E-state index in [-0.39, 0.29) is 6.42 Å². The lowest BCUT2D eigenvalue weighted by Crippen LogP contribution is -2.02. The number of carbonyl (C=O) groups is 1. The molecule has 13 heavy (non-hydrogen) atoms. The molecule has 4 nitrogen and oxygen atoms in total. The van der Waals surface area contributed by atoms with Crippen molar-refractivity contribution in [3.63, 3.8) is 0 Å². The number of hydrogen-bond donors (Lipinski definition) is 1. The first-order valence-electron chi connectivity index (χ1n) is 4.49. The lowest BCUT2D eigenvalue weighted by atomic mass is 10.3. The van der Waals surface area contributed by atoms with Gasteiger partial charge in [-0.15, -0.1) is 0 Å². The maximum atomic E-state index is 10.3. The average molecular weight is 180 g/mol. The van der Waals surface area contributed by atoms with Crippen molar-refractivity contribution in [2.45, 2.75) is 31.7 Å². The van der Waals surface area contributed by atoms with Gasteiger partial charge >= 0.3 is 5.97 Å². The minimum atomic E-state index is -0.762. The van der Waals surface area contributed by atoms with E-state index in [2.05, 4.69) is 4.98 Å². The summed E-state index contributed by atoms with van der Waals surface area (Å²) in [7, 11) is 0. The maximum Gasteiger partial charge on any atom is 0.305 e. The molecule has 2 rings (SSSR count). The average Bonchev–Trinajstić information content (AvgIpc) is 2.83. The summed E-state index contributed by atoms with van der Waals surface area (Å²) in [5, 5.41) is 8.47. The molecule has 0 amide bonds. The summed E-state index contributed by atoms with van der Waals surface area (Å²) in [6.45, 7) is 0.523. The summed E-state index contributed by atoms with van der Waals surface area (Å²) in [5.74, 6) is -0.118. The van der Waals surface area contributed by atoms with Gasteiger partial charge in [-0.1, -0.05) is 0 Å². The van der Waals surface area contributed by atoms with Crippen LogP contribution in [0, 0.1) is 0 Å². The van der Waals surface area contributed by atoms with Gasteiger partial charge in [0.1, 0.15) is 0 Å². The van der Waals surface area contributed by atoms with Crippen LogP contribution in [0.5, 0.6) is 0 Å². The highest BCUT2D eigenvalue weighted by Crippen LogP contribution is 2.38. The zero-order valence-corrected chi connectivity index (χ0v) is 7.31. The predicted octanol–water partition coefficient (Wildman–Crippen LogP) is 1.24. The van der Waals surface area contributed by atoms with Crippen LogP contribution in [-0.4, -0.2) is 20.6 Å². The minimum absolute atomic E-state index is 0.167. The first-order chi connectivity index (χ1) is 6.25. The second-order valence-electron chi connectivity index (χ2n) is 3.45. The van der Waals surface area contributed by atoms with Crippen molar-refractivity contribution in [1.82, 2.24) is 9.55 Å². The van der Waals surface area contributed by atoms with Gasteiger partial charge in [-0.3, -0.25) is 4.79 Å². The molecule has 0 bridgehead atoms. The third-order valence-electron chi connectivity index (χ3n) is 2.23. The summed E-state index contributed by atoms with van der Waals surface area (Å²) < 4.78 is 1.85. The van der Waals surface area contributed by atoms with Gasteiger partial charge in [-0.2, -0.15) is 0 Å². The molecule has 1 heterocycles. The van der Waals surface area contributed by atoms with E-state index in [1.165, 1.54) is 12.8 Å². The normalized spacial score (nSPS) is 16.0. The molecule has 0 unspecified atom stereocenters. The smallest absolute Gasteiger partial charge is 0.305 e. The highest BCUT2D eigenvalue weighted by atomic mass is 16.4. The predicted molar refractivity (Wildman–Crippen MR) is 46.5 cm³/mol. The van der Waals surface area contributed by atoms with Crippen LogP contribution in [0.25, 0.3) is 0 Å². The maximum absolute atomic E-state index is 10.3. The van der Waals surface area contributed by atoms with Crippen LogP contribution in [0.15, 0.2) is 12.5 Å². The topological polar surface area (TPSA) is 55.1 Å². The number of hydrogen-bond acceptors (Lipinski definition) is 2. The van der Waals surface area contributed by atoms with Crippen molar-refractivity contribution in [3.8, 4) is 0 Å². The van der Waals surface area contributed by atoms with Crippen LogP contribution in [0.1, 0.15) is 30.9 Å². The van der Waals surface area contributed by atoms with E-state index < -0.39 is 5.97 Å². The molecule has 4 heteroatoms. The minimum Gasteiger partial charge on any atom is -0.481 e. The van der Waals surface area contributed by atoms with Crippen LogP contribution in [0.4, 0.5) is 0 Å². The lowest BCUT2D eigenvalue weighted by Gasteiger charge is -1.96. The van der Waals surface area contributed by atoms with Crippen LogP contribution >= 0.6 is 0 Å². The van der Waals surface area contributed by atoms with Crippen LogP contribution < -0.4 is 0 Å². The molecule has 70 valence electrons. The Morgan fingerprint density at radius 1 is 1.69 bits per heavy atom. The zero-order chi connectivity index (χ0) is 9.26. The third kappa shape index (κ3) is 2.08. The third-order valence-corrected chi connectivity index (χ3v) is 2.23. The number of aromatic nitrogens is 2. The Morgan fingerprint density at radius 2 is 2.46 bits per heavy atom. The summed E-state index contributed by atoms with van der Waals surface area (Å²) in [6.07, 6.45) is 6.31. The first kappa shape index (κ1) is 8.29. The summed E-state index contributed by atoms with van der Waals surface area (Å²) in [5.41, 5.74) is 1.12. The van der Waals surface area contributed by atoms with E-state index in [9.17, 15) is 4.79 Å². The van der Waals surface area contributed by atoms with Gasteiger partial charge in [0.15, 0.2) is 0 Å². The van der Waals surface area contributed by atoms with Crippen molar-refractivity contribution in [3.05, 3.63) is 18.2 Å². The number of imidazole rings is 1. The zero-order valence-electron chi connectivity index (χ0n) is 7.31. The van der Waals surface area contributed by atoms with Crippen molar-refractivity contribution < 1.29 is 9.90 Å². The highest BCUT2D eigenvalue weighted by Gasteiger charge is 2.25. The quantitative estimate of drug-likeness (QED) is 0.758. The molecule has 0 radical (unpaired) electrons. The second kappa shape index (κ2) is 3.20. The number of nitrogens with zero attached hydrogens (tertiary/aromatic N) is 2. The molecule has 0 aliphatic heterocycles. The van der Waals surface area contributed by atoms with Crippen molar-refractivity contribution in [2.24, 2.45) is 0 Å². The number of carboxylic acid groups (broad SMARTS) is 1. The van der Waals surface area contributed by atoms with E-state index in [1.807, 2.05) is 10.8 Å². The first-order valence-corrected chi connectivity index (χ1v) is 4.49.